The van der Waals surface area contributed by atoms with Crippen molar-refractivity contribution in [2.45, 2.75) is 62.5 Å². The first-order valence-corrected chi connectivity index (χ1v) is 13.4. The topological polar surface area (TPSA) is 185 Å². The summed E-state index contributed by atoms with van der Waals surface area (Å²) in [5.74, 6) is -0.115. The van der Waals surface area contributed by atoms with Crippen LogP contribution < -0.4 is 32.4 Å². The smallest absolute Gasteiger partial charge is 0.343 e. The maximum Gasteiger partial charge on any atom is 0.343 e. The van der Waals surface area contributed by atoms with E-state index in [1.54, 1.807) is 17.2 Å². The van der Waals surface area contributed by atoms with E-state index in [1.807, 2.05) is 25.1 Å². The van der Waals surface area contributed by atoms with Crippen molar-refractivity contribution < 1.29 is 19.7 Å². The molecule has 1 saturated heterocycles. The van der Waals surface area contributed by atoms with Crippen molar-refractivity contribution >= 4 is 23.7 Å². The van der Waals surface area contributed by atoms with Crippen molar-refractivity contribution in [3.8, 4) is 0 Å². The number of hydrogen-bond acceptors (Lipinski definition) is 9. The molecular formula is C27H34N9O3+. The molecule has 2 amide bonds. The standard InChI is InChI=1S/C27H33N9O3/c1-14-9-10-18(30-11-14)24(39)31-12-19-21-27(35-25(28)34-21)22(37)20(13-36(27)26(29)33-19)32-23(38)17-8-4-6-15-5-2-3-7-16(15)17/h4,6,8-11,19-22,37H,2-3,5,7,12-13H2,1H3,(H2,29,33)(H,31,39)(H,32,38)(H3,28,34,35)/p+1/t19-,20?,21-,22+,27-/m0/s1. The van der Waals surface area contributed by atoms with Crippen LogP contribution in [0.1, 0.15) is 50.4 Å². The Hall–Kier alpha value is -4.19. The number of pyridine rings is 1. The molecule has 12 heteroatoms. The molecule has 1 aromatic carbocycles. The number of hydrogen-bond donors (Lipinski definition) is 7. The van der Waals surface area contributed by atoms with Gasteiger partial charge in [0, 0.05) is 24.8 Å². The van der Waals surface area contributed by atoms with Gasteiger partial charge in [0.05, 0.1) is 6.04 Å². The van der Waals surface area contributed by atoms with Crippen LogP contribution in [0.4, 0.5) is 0 Å². The normalized spacial score (nSPS) is 28.8. The van der Waals surface area contributed by atoms with Gasteiger partial charge >= 0.3 is 5.96 Å². The number of nitrogens with zero attached hydrogens (tertiary/aromatic N) is 3. The van der Waals surface area contributed by atoms with E-state index in [0.29, 0.717) is 11.3 Å². The summed E-state index contributed by atoms with van der Waals surface area (Å²) in [6.45, 7) is 2.27. The highest BCUT2D eigenvalue weighted by molar-refractivity contribution is 5.96. The molecule has 0 radical (unpaired) electrons. The Kier molecular flexibility index (Phi) is 6.13. The number of fused-ring (bicyclic) bond motifs is 1. The predicted octanol–water partition coefficient (Wildman–Crippen LogP) is -2.77. The van der Waals surface area contributed by atoms with Gasteiger partial charge in [-0.15, -0.1) is 0 Å². The molecular weight excluding hydrogens is 498 g/mol. The highest BCUT2D eigenvalue weighted by atomic mass is 16.3. The van der Waals surface area contributed by atoms with Crippen LogP contribution in [0.5, 0.6) is 0 Å². The second-order valence-corrected chi connectivity index (χ2v) is 10.8. The van der Waals surface area contributed by atoms with Gasteiger partial charge in [0.2, 0.25) is 5.66 Å². The zero-order valence-corrected chi connectivity index (χ0v) is 21.8. The average Bonchev–Trinajstić information content (AvgIpc) is 3.43. The first-order chi connectivity index (χ1) is 18.8. The Morgan fingerprint density at radius 3 is 2.82 bits per heavy atom. The van der Waals surface area contributed by atoms with E-state index in [2.05, 4.69) is 37.0 Å². The quantitative estimate of drug-likeness (QED) is 0.216. The van der Waals surface area contributed by atoms with Crippen LogP contribution in [0.15, 0.2) is 41.5 Å². The van der Waals surface area contributed by atoms with Crippen molar-refractivity contribution in [1.82, 2.24) is 25.8 Å². The fourth-order valence-electron chi connectivity index (χ4n) is 6.42. The first kappa shape index (κ1) is 25.1. The Bertz CT molecular complexity index is 1380. The number of nitrogens with two attached hydrogens (primary N) is 2. The highest BCUT2D eigenvalue weighted by Crippen LogP contribution is 2.35. The molecule has 2 aromatic rings. The van der Waals surface area contributed by atoms with Crippen molar-refractivity contribution in [2.24, 2.45) is 16.5 Å². The number of aryl methyl sites for hydroxylation is 2. The second-order valence-electron chi connectivity index (χ2n) is 10.8. The van der Waals surface area contributed by atoms with Crippen LogP contribution in [-0.4, -0.2) is 81.7 Å². The van der Waals surface area contributed by atoms with Crippen molar-refractivity contribution in [1.29, 1.82) is 0 Å². The van der Waals surface area contributed by atoms with Gasteiger partial charge in [-0.3, -0.25) is 25.3 Å². The first-order valence-electron chi connectivity index (χ1n) is 13.4. The molecule has 204 valence electrons. The number of nitrogens with one attached hydrogen (secondary N) is 4. The van der Waals surface area contributed by atoms with E-state index in [0.717, 1.165) is 36.8 Å². The van der Waals surface area contributed by atoms with Gasteiger partial charge in [-0.2, -0.15) is 0 Å². The van der Waals surface area contributed by atoms with Gasteiger partial charge < -0.3 is 26.4 Å². The number of rotatable bonds is 5. The van der Waals surface area contributed by atoms with Crippen molar-refractivity contribution in [2.75, 3.05) is 13.1 Å². The number of benzene rings is 1. The monoisotopic (exact) mass is 532 g/mol. The molecule has 6 rings (SSSR count). The third-order valence-corrected chi connectivity index (χ3v) is 8.31. The van der Waals surface area contributed by atoms with E-state index >= 15 is 0 Å². The molecule has 4 aliphatic rings. The minimum absolute atomic E-state index is 0.136. The van der Waals surface area contributed by atoms with E-state index < -0.39 is 29.9 Å². The summed E-state index contributed by atoms with van der Waals surface area (Å²) in [5, 5.41) is 20.8. The summed E-state index contributed by atoms with van der Waals surface area (Å²) >= 11 is 0. The largest absolute Gasteiger partial charge is 0.385 e. The molecule has 3 aliphatic heterocycles. The number of aliphatic hydroxyl groups is 1. The average molecular weight is 533 g/mol. The number of aromatic nitrogens is 1. The minimum Gasteiger partial charge on any atom is -0.385 e. The van der Waals surface area contributed by atoms with Crippen LogP contribution in [0.2, 0.25) is 0 Å². The van der Waals surface area contributed by atoms with Crippen LogP contribution in [0.25, 0.3) is 0 Å². The van der Waals surface area contributed by atoms with Crippen LogP contribution in [-0.2, 0) is 12.8 Å². The third-order valence-electron chi connectivity index (χ3n) is 8.31. The molecule has 5 atom stereocenters. The predicted molar refractivity (Wildman–Crippen MR) is 144 cm³/mol. The van der Waals surface area contributed by atoms with Crippen molar-refractivity contribution in [3.05, 3.63) is 64.5 Å². The summed E-state index contributed by atoms with van der Waals surface area (Å²) in [5.41, 5.74) is 15.6. The Balaban J connectivity index is 1.22. The van der Waals surface area contributed by atoms with E-state index in [1.165, 1.54) is 5.56 Å². The highest BCUT2D eigenvalue weighted by Gasteiger charge is 2.68. The lowest BCUT2D eigenvalue weighted by molar-refractivity contribution is -0.513. The third kappa shape index (κ3) is 4.15. The van der Waals surface area contributed by atoms with Crippen LogP contribution in [0.3, 0.4) is 0 Å². The fraction of sp³-hybridized carbons (Fsp3) is 0.444. The number of carbonyl (C=O) groups is 2. The fourth-order valence-corrected chi connectivity index (χ4v) is 6.42. The number of aliphatic imine (C=N–C) groups is 1. The van der Waals surface area contributed by atoms with Gasteiger partial charge in [0.15, 0.2) is 12.0 Å². The molecule has 0 saturated carbocycles. The molecule has 9 N–H and O–H groups in total. The van der Waals surface area contributed by atoms with E-state index in [9.17, 15) is 14.7 Å². The number of amides is 2. The second kappa shape index (κ2) is 9.53. The van der Waals surface area contributed by atoms with Gasteiger partial charge in [0.1, 0.15) is 17.8 Å². The van der Waals surface area contributed by atoms with Crippen LogP contribution >= 0.6 is 0 Å². The molecule has 1 spiro atoms. The van der Waals surface area contributed by atoms with E-state index in [-0.39, 0.29) is 36.8 Å². The summed E-state index contributed by atoms with van der Waals surface area (Å²) < 4.78 is 0. The van der Waals surface area contributed by atoms with Gasteiger partial charge in [0.25, 0.3) is 11.8 Å². The molecule has 1 unspecified atom stereocenters. The molecule has 12 nitrogen and oxygen atoms in total. The number of guanidine groups is 2. The molecule has 4 heterocycles. The molecule has 1 aliphatic carbocycles. The Morgan fingerprint density at radius 1 is 1.21 bits per heavy atom. The van der Waals surface area contributed by atoms with Gasteiger partial charge in [-0.1, -0.05) is 18.2 Å². The lowest BCUT2D eigenvalue weighted by Crippen LogP contribution is -2.88. The molecule has 39 heavy (non-hydrogen) atoms. The SMILES string of the molecule is Cc1ccc(C(=O)NC[C@@H]2N=C(N)N3CC(NC(=O)c4cccc5c4CCCC5)[C@@H](O)[C@@]34NC(N)=[NH+][C@@H]24)nc1. The zero-order valence-electron chi connectivity index (χ0n) is 21.8. The maximum atomic E-state index is 13.4. The summed E-state index contributed by atoms with van der Waals surface area (Å²) in [4.78, 5) is 39.9. The molecule has 0 bridgehead atoms. The summed E-state index contributed by atoms with van der Waals surface area (Å²) in [6, 6.07) is 7.59. The number of aliphatic hydroxyl groups excluding tert-OH is 1. The zero-order chi connectivity index (χ0) is 27.3. The Labute approximate surface area is 226 Å². The van der Waals surface area contributed by atoms with Gasteiger partial charge in [-0.05, 0) is 61.4 Å². The van der Waals surface area contributed by atoms with Crippen LogP contribution in [0, 0.1) is 6.92 Å². The lowest BCUT2D eigenvalue weighted by Gasteiger charge is -2.43. The lowest BCUT2D eigenvalue weighted by atomic mass is 9.87. The number of carbonyl (C=O) groups excluding carboxylic acids is 2. The minimum atomic E-state index is -1.15. The van der Waals surface area contributed by atoms with E-state index in [4.69, 9.17) is 11.5 Å². The Morgan fingerprint density at radius 2 is 2.03 bits per heavy atom. The maximum absolute atomic E-state index is 13.4. The summed E-state index contributed by atoms with van der Waals surface area (Å²) in [6.07, 6.45) is 4.56. The van der Waals surface area contributed by atoms with Gasteiger partial charge in [-0.25, -0.2) is 10.3 Å². The summed E-state index contributed by atoms with van der Waals surface area (Å²) in [7, 11) is 0. The molecule has 1 aromatic heterocycles. The van der Waals surface area contributed by atoms with Crippen molar-refractivity contribution in [3.63, 3.8) is 0 Å². The molecule has 1 fully saturated rings.